The van der Waals surface area contributed by atoms with E-state index in [0.717, 1.165) is 43.0 Å². The lowest BCUT2D eigenvalue weighted by Gasteiger charge is -2.21. The van der Waals surface area contributed by atoms with Crippen LogP contribution in [-0.2, 0) is 29.2 Å². The summed E-state index contributed by atoms with van der Waals surface area (Å²) in [5, 5.41) is 5.31. The molecule has 0 N–H and O–H groups in total. The van der Waals surface area contributed by atoms with E-state index >= 15 is 0 Å². The van der Waals surface area contributed by atoms with Crippen LogP contribution in [0.5, 0.6) is 0 Å². The molecular weight excluding hydrogens is 346 g/mol. The number of halogens is 1. The van der Waals surface area contributed by atoms with E-state index in [1.165, 1.54) is 0 Å². The normalized spacial score (nSPS) is 17.9. The van der Waals surface area contributed by atoms with E-state index in [0.29, 0.717) is 28.9 Å². The lowest BCUT2D eigenvalue weighted by molar-refractivity contribution is 0.440. The van der Waals surface area contributed by atoms with Crippen LogP contribution in [0.4, 0.5) is 0 Å². The van der Waals surface area contributed by atoms with Crippen LogP contribution in [-0.4, -0.2) is 34.7 Å². The fourth-order valence-corrected chi connectivity index (χ4v) is 4.94. The third-order valence-corrected chi connectivity index (χ3v) is 6.44. The predicted octanol–water partition coefficient (Wildman–Crippen LogP) is 2.91. The molecule has 0 spiro atoms. The van der Waals surface area contributed by atoms with Crippen molar-refractivity contribution < 1.29 is 8.42 Å². The Labute approximate surface area is 148 Å². The molecule has 0 unspecified atom stereocenters. The second-order valence-corrected chi connectivity index (χ2v) is 9.11. The highest BCUT2D eigenvalue weighted by Gasteiger charge is 2.25. The molecule has 5 nitrogen and oxygen atoms in total. The van der Waals surface area contributed by atoms with Crippen LogP contribution in [0, 0.1) is 5.92 Å². The summed E-state index contributed by atoms with van der Waals surface area (Å²) in [5.41, 5.74) is 1.09. The molecule has 1 aliphatic heterocycles. The van der Waals surface area contributed by atoms with Gasteiger partial charge < -0.3 is 0 Å². The molecule has 1 aliphatic rings. The van der Waals surface area contributed by atoms with Gasteiger partial charge in [0, 0.05) is 24.4 Å². The first-order chi connectivity index (χ1) is 11.4. The first kappa shape index (κ1) is 17.4. The van der Waals surface area contributed by atoms with Gasteiger partial charge in [0.25, 0.3) is 0 Å². The fraction of sp³-hybridized carbons (Fsp3) is 0.529. The van der Waals surface area contributed by atoms with Gasteiger partial charge in [-0.05, 0) is 43.4 Å². The van der Waals surface area contributed by atoms with Crippen molar-refractivity contribution in [1.82, 2.24) is 14.8 Å². The van der Waals surface area contributed by atoms with Gasteiger partial charge >= 0.3 is 0 Å². The van der Waals surface area contributed by atoms with E-state index in [2.05, 4.69) is 5.10 Å². The number of benzene rings is 1. The van der Waals surface area contributed by atoms with E-state index in [-0.39, 0.29) is 0 Å². The van der Waals surface area contributed by atoms with E-state index in [4.69, 9.17) is 16.6 Å². The average molecular weight is 368 g/mol. The van der Waals surface area contributed by atoms with Crippen LogP contribution in [0.15, 0.2) is 24.3 Å². The van der Waals surface area contributed by atoms with Gasteiger partial charge in [0.15, 0.2) is 5.82 Å². The number of nitrogens with zero attached hydrogens (tertiary/aromatic N) is 3. The molecule has 0 radical (unpaired) electrons. The zero-order valence-electron chi connectivity index (χ0n) is 13.8. The second-order valence-electron chi connectivity index (χ2n) is 6.37. The smallest absolute Gasteiger partial charge is 0.155 e. The van der Waals surface area contributed by atoms with Gasteiger partial charge in [-0.15, -0.1) is 0 Å². The Hall–Kier alpha value is -1.40. The first-order valence-corrected chi connectivity index (χ1v) is 10.5. The van der Waals surface area contributed by atoms with Crippen LogP contribution >= 0.6 is 11.6 Å². The summed E-state index contributed by atoms with van der Waals surface area (Å²) in [6.07, 6.45) is 2.90. The Morgan fingerprint density at radius 3 is 2.71 bits per heavy atom. The maximum absolute atomic E-state index is 11.6. The number of hydrogen-bond acceptors (Lipinski definition) is 4. The molecule has 130 valence electrons. The van der Waals surface area contributed by atoms with Gasteiger partial charge in [0.2, 0.25) is 0 Å². The fourth-order valence-electron chi connectivity index (χ4n) is 3.14. The number of rotatable bonds is 5. The van der Waals surface area contributed by atoms with Gasteiger partial charge in [-0.25, -0.2) is 13.4 Å². The summed E-state index contributed by atoms with van der Waals surface area (Å²) >= 11 is 6.03. The Balaban J connectivity index is 1.71. The summed E-state index contributed by atoms with van der Waals surface area (Å²) in [6.45, 7) is 2.82. The third kappa shape index (κ3) is 4.36. The molecule has 0 aliphatic carbocycles. The molecule has 0 amide bonds. The van der Waals surface area contributed by atoms with Gasteiger partial charge in [-0.2, -0.15) is 5.10 Å². The molecule has 1 fully saturated rings. The van der Waals surface area contributed by atoms with Crippen LogP contribution in [0.2, 0.25) is 5.02 Å². The molecule has 0 bridgehead atoms. The van der Waals surface area contributed by atoms with E-state index < -0.39 is 9.84 Å². The molecular formula is C17H22ClN3O2S. The highest BCUT2D eigenvalue weighted by molar-refractivity contribution is 7.91. The van der Waals surface area contributed by atoms with Gasteiger partial charge in [0.05, 0.1) is 11.5 Å². The predicted molar refractivity (Wildman–Crippen MR) is 95.0 cm³/mol. The SMILES string of the molecule is CCn1nc(Cc2cccc(Cl)c2)nc1CC1CCS(=O)(=O)CC1. The minimum atomic E-state index is -2.82. The van der Waals surface area contributed by atoms with Gasteiger partial charge in [-0.3, -0.25) is 4.68 Å². The maximum atomic E-state index is 11.6. The molecule has 1 saturated heterocycles. The molecule has 7 heteroatoms. The Morgan fingerprint density at radius 1 is 1.29 bits per heavy atom. The van der Waals surface area contributed by atoms with Crippen LogP contribution in [0.3, 0.4) is 0 Å². The summed E-state index contributed by atoms with van der Waals surface area (Å²) in [5.74, 6) is 2.72. The highest BCUT2D eigenvalue weighted by Crippen LogP contribution is 2.23. The van der Waals surface area contributed by atoms with Crippen LogP contribution < -0.4 is 0 Å². The molecule has 2 aromatic rings. The summed E-state index contributed by atoms with van der Waals surface area (Å²) in [4.78, 5) is 4.70. The topological polar surface area (TPSA) is 64.8 Å². The molecule has 1 aromatic carbocycles. The van der Waals surface area contributed by atoms with Crippen molar-refractivity contribution in [1.29, 1.82) is 0 Å². The number of aryl methyl sites for hydroxylation is 1. The van der Waals surface area contributed by atoms with Crippen LogP contribution in [0.25, 0.3) is 0 Å². The van der Waals surface area contributed by atoms with E-state index in [1.807, 2.05) is 35.9 Å². The zero-order chi connectivity index (χ0) is 17.2. The van der Waals surface area contributed by atoms with Gasteiger partial charge in [0.1, 0.15) is 15.7 Å². The highest BCUT2D eigenvalue weighted by atomic mass is 35.5. The molecule has 24 heavy (non-hydrogen) atoms. The summed E-state index contributed by atoms with van der Waals surface area (Å²) in [6, 6.07) is 7.73. The van der Waals surface area contributed by atoms with Gasteiger partial charge in [-0.1, -0.05) is 23.7 Å². The zero-order valence-corrected chi connectivity index (χ0v) is 15.4. The number of hydrogen-bond donors (Lipinski definition) is 0. The van der Waals surface area contributed by atoms with Crippen molar-refractivity contribution in [3.8, 4) is 0 Å². The summed E-state index contributed by atoms with van der Waals surface area (Å²) < 4.78 is 25.1. The molecule has 2 heterocycles. The molecule has 3 rings (SSSR count). The Morgan fingerprint density at radius 2 is 2.04 bits per heavy atom. The lowest BCUT2D eigenvalue weighted by atomic mass is 9.98. The minimum absolute atomic E-state index is 0.299. The average Bonchev–Trinajstić information content (AvgIpc) is 2.91. The monoisotopic (exact) mass is 367 g/mol. The van der Waals surface area contributed by atoms with Crippen molar-refractivity contribution >= 4 is 21.4 Å². The maximum Gasteiger partial charge on any atom is 0.155 e. The Bertz CT molecular complexity index is 803. The summed E-state index contributed by atoms with van der Waals surface area (Å²) in [7, 11) is -2.82. The lowest BCUT2D eigenvalue weighted by Crippen LogP contribution is -2.25. The second kappa shape index (κ2) is 7.23. The van der Waals surface area contributed by atoms with E-state index in [9.17, 15) is 8.42 Å². The van der Waals surface area contributed by atoms with Crippen LogP contribution in [0.1, 0.15) is 37.0 Å². The van der Waals surface area contributed by atoms with Crippen molar-refractivity contribution in [2.45, 2.75) is 39.2 Å². The van der Waals surface area contributed by atoms with Crippen molar-refractivity contribution in [3.63, 3.8) is 0 Å². The van der Waals surface area contributed by atoms with Crippen molar-refractivity contribution in [2.24, 2.45) is 5.92 Å². The Kier molecular flexibility index (Phi) is 5.25. The number of aromatic nitrogens is 3. The standard InChI is InChI=1S/C17H22ClN3O2S/c1-2-21-17(12-13-6-8-24(22,23)9-7-13)19-16(20-21)11-14-4-3-5-15(18)10-14/h3-5,10,13H,2,6-9,11-12H2,1H3. The van der Waals surface area contributed by atoms with E-state index in [1.54, 1.807) is 0 Å². The van der Waals surface area contributed by atoms with Crippen molar-refractivity contribution in [2.75, 3.05) is 11.5 Å². The molecule has 0 atom stereocenters. The third-order valence-electron chi connectivity index (χ3n) is 4.49. The largest absolute Gasteiger partial charge is 0.250 e. The van der Waals surface area contributed by atoms with Crippen molar-refractivity contribution in [3.05, 3.63) is 46.5 Å². The molecule has 1 aromatic heterocycles. The molecule has 0 saturated carbocycles. The number of sulfone groups is 1. The minimum Gasteiger partial charge on any atom is -0.250 e. The first-order valence-electron chi connectivity index (χ1n) is 8.32. The quantitative estimate of drug-likeness (QED) is 0.815.